The molecular formula is C12H17ClFN. The van der Waals surface area contributed by atoms with Crippen LogP contribution in [0.15, 0.2) is 18.2 Å². The quantitative estimate of drug-likeness (QED) is 0.834. The molecule has 1 nitrogen and oxygen atoms in total. The highest BCUT2D eigenvalue weighted by atomic mass is 35.5. The van der Waals surface area contributed by atoms with Crippen LogP contribution in [-0.2, 0) is 0 Å². The minimum absolute atomic E-state index is 0.190. The normalized spacial score (nSPS) is 15.0. The first kappa shape index (κ1) is 12.5. The first-order chi connectivity index (χ1) is 7.06. The molecule has 0 heterocycles. The number of benzene rings is 1. The average molecular weight is 230 g/mol. The van der Waals surface area contributed by atoms with Crippen LogP contribution < -0.4 is 5.32 Å². The molecule has 0 amide bonds. The van der Waals surface area contributed by atoms with Crippen molar-refractivity contribution in [2.75, 3.05) is 13.6 Å². The minimum Gasteiger partial charge on any atom is -0.319 e. The van der Waals surface area contributed by atoms with E-state index in [9.17, 15) is 4.39 Å². The van der Waals surface area contributed by atoms with Crippen LogP contribution in [0.25, 0.3) is 0 Å². The predicted octanol–water partition coefficient (Wildman–Crippen LogP) is 3.44. The van der Waals surface area contributed by atoms with Crippen molar-refractivity contribution < 1.29 is 4.39 Å². The molecule has 0 aliphatic rings. The Kier molecular flexibility index (Phi) is 4.55. The van der Waals surface area contributed by atoms with Gasteiger partial charge in [-0.3, -0.25) is 0 Å². The molecule has 1 rings (SSSR count). The lowest BCUT2D eigenvalue weighted by molar-refractivity contribution is 0.449. The summed E-state index contributed by atoms with van der Waals surface area (Å²) < 4.78 is 13.6. The zero-order chi connectivity index (χ0) is 11.4. The van der Waals surface area contributed by atoms with E-state index in [0.29, 0.717) is 10.9 Å². The zero-order valence-corrected chi connectivity index (χ0v) is 10.1. The fourth-order valence-corrected chi connectivity index (χ4v) is 1.83. The number of halogens is 2. The van der Waals surface area contributed by atoms with Gasteiger partial charge in [0.05, 0.1) is 0 Å². The monoisotopic (exact) mass is 229 g/mol. The first-order valence-electron chi connectivity index (χ1n) is 5.15. The van der Waals surface area contributed by atoms with E-state index in [-0.39, 0.29) is 11.7 Å². The highest BCUT2D eigenvalue weighted by molar-refractivity contribution is 6.30. The Labute approximate surface area is 95.6 Å². The summed E-state index contributed by atoms with van der Waals surface area (Å²) in [7, 11) is 1.90. The van der Waals surface area contributed by atoms with Crippen LogP contribution in [0.5, 0.6) is 0 Å². The van der Waals surface area contributed by atoms with E-state index in [1.165, 1.54) is 6.07 Å². The lowest BCUT2D eigenvalue weighted by Crippen LogP contribution is -2.21. The molecule has 84 valence electrons. The van der Waals surface area contributed by atoms with E-state index in [1.54, 1.807) is 12.1 Å². The summed E-state index contributed by atoms with van der Waals surface area (Å²) in [6.45, 7) is 5.02. The molecule has 0 fully saturated rings. The fourth-order valence-electron chi connectivity index (χ4n) is 1.68. The van der Waals surface area contributed by atoms with Gasteiger partial charge in [0.25, 0.3) is 0 Å². The molecule has 0 bridgehead atoms. The van der Waals surface area contributed by atoms with Crippen LogP contribution in [0.1, 0.15) is 25.3 Å². The minimum atomic E-state index is -0.210. The zero-order valence-electron chi connectivity index (χ0n) is 9.35. The van der Waals surface area contributed by atoms with E-state index >= 15 is 0 Å². The topological polar surface area (TPSA) is 12.0 Å². The van der Waals surface area contributed by atoms with Crippen molar-refractivity contribution in [3.8, 4) is 0 Å². The third kappa shape index (κ3) is 3.18. The second kappa shape index (κ2) is 5.47. The van der Waals surface area contributed by atoms with E-state index in [0.717, 1.165) is 12.1 Å². The number of nitrogens with one attached hydrogen (secondary N) is 1. The third-order valence-corrected chi connectivity index (χ3v) is 3.07. The highest BCUT2D eigenvalue weighted by Gasteiger charge is 2.17. The largest absolute Gasteiger partial charge is 0.319 e. The van der Waals surface area contributed by atoms with Gasteiger partial charge in [0, 0.05) is 5.02 Å². The van der Waals surface area contributed by atoms with Crippen molar-refractivity contribution in [1.82, 2.24) is 5.32 Å². The van der Waals surface area contributed by atoms with Gasteiger partial charge in [0.1, 0.15) is 5.82 Å². The first-order valence-corrected chi connectivity index (χ1v) is 5.53. The Balaban J connectivity index is 2.86. The second-order valence-corrected chi connectivity index (χ2v) is 4.43. The Morgan fingerprint density at radius 1 is 1.40 bits per heavy atom. The second-order valence-electron chi connectivity index (χ2n) is 3.99. The van der Waals surface area contributed by atoms with Gasteiger partial charge in [-0.1, -0.05) is 31.5 Å². The van der Waals surface area contributed by atoms with Crippen molar-refractivity contribution in [3.63, 3.8) is 0 Å². The Hall–Kier alpha value is -0.600. The molecule has 1 N–H and O–H groups in total. The van der Waals surface area contributed by atoms with Gasteiger partial charge >= 0.3 is 0 Å². The van der Waals surface area contributed by atoms with Crippen molar-refractivity contribution in [2.45, 2.75) is 19.8 Å². The van der Waals surface area contributed by atoms with Crippen molar-refractivity contribution in [2.24, 2.45) is 5.92 Å². The van der Waals surface area contributed by atoms with Crippen LogP contribution in [-0.4, -0.2) is 13.6 Å². The Morgan fingerprint density at radius 2 is 2.07 bits per heavy atom. The molecule has 15 heavy (non-hydrogen) atoms. The fraction of sp³-hybridized carbons (Fsp3) is 0.500. The van der Waals surface area contributed by atoms with Crippen LogP contribution in [0.4, 0.5) is 4.39 Å². The average Bonchev–Trinajstić information content (AvgIpc) is 2.17. The smallest absolute Gasteiger partial charge is 0.128 e. The van der Waals surface area contributed by atoms with Gasteiger partial charge in [-0.15, -0.1) is 0 Å². The number of hydrogen-bond donors (Lipinski definition) is 1. The third-order valence-electron chi connectivity index (χ3n) is 2.83. The van der Waals surface area contributed by atoms with Crippen molar-refractivity contribution in [1.29, 1.82) is 0 Å². The van der Waals surface area contributed by atoms with E-state index in [1.807, 2.05) is 14.0 Å². The van der Waals surface area contributed by atoms with Gasteiger partial charge in [0.2, 0.25) is 0 Å². The van der Waals surface area contributed by atoms with Crippen LogP contribution in [0.2, 0.25) is 5.02 Å². The van der Waals surface area contributed by atoms with Crippen LogP contribution in [0, 0.1) is 11.7 Å². The molecule has 0 radical (unpaired) electrons. The molecule has 1 aromatic carbocycles. The molecule has 2 unspecified atom stereocenters. The number of rotatable bonds is 4. The van der Waals surface area contributed by atoms with Gasteiger partial charge in [-0.2, -0.15) is 0 Å². The molecule has 0 aromatic heterocycles. The van der Waals surface area contributed by atoms with Crippen LogP contribution >= 0.6 is 11.6 Å². The molecule has 0 spiro atoms. The maximum Gasteiger partial charge on any atom is 0.128 e. The van der Waals surface area contributed by atoms with Crippen molar-refractivity contribution in [3.05, 3.63) is 34.6 Å². The maximum atomic E-state index is 13.6. The maximum absolute atomic E-state index is 13.6. The molecule has 0 saturated heterocycles. The highest BCUT2D eigenvalue weighted by Crippen LogP contribution is 2.27. The summed E-state index contributed by atoms with van der Waals surface area (Å²) in [6, 6.07) is 4.89. The summed E-state index contributed by atoms with van der Waals surface area (Å²) in [4.78, 5) is 0. The van der Waals surface area contributed by atoms with Crippen molar-refractivity contribution >= 4 is 11.6 Å². The molecular weight excluding hydrogens is 213 g/mol. The van der Waals surface area contributed by atoms with E-state index in [4.69, 9.17) is 11.6 Å². The van der Waals surface area contributed by atoms with E-state index in [2.05, 4.69) is 12.2 Å². The van der Waals surface area contributed by atoms with Crippen LogP contribution in [0.3, 0.4) is 0 Å². The lowest BCUT2D eigenvalue weighted by Gasteiger charge is -2.20. The molecule has 3 heteroatoms. The molecule has 2 atom stereocenters. The molecule has 0 aliphatic carbocycles. The van der Waals surface area contributed by atoms with Gasteiger partial charge < -0.3 is 5.32 Å². The van der Waals surface area contributed by atoms with Gasteiger partial charge in [0.15, 0.2) is 0 Å². The molecule has 1 aromatic rings. The summed E-state index contributed by atoms with van der Waals surface area (Å²) in [5.41, 5.74) is 0.738. The Bertz CT molecular complexity index is 327. The SMILES string of the molecule is CNCC(C)C(C)c1ccc(Cl)cc1F. The summed E-state index contributed by atoms with van der Waals surface area (Å²) in [5.74, 6) is 0.373. The van der Waals surface area contributed by atoms with E-state index < -0.39 is 0 Å². The summed E-state index contributed by atoms with van der Waals surface area (Å²) in [6.07, 6.45) is 0. The predicted molar refractivity (Wildman–Crippen MR) is 62.9 cm³/mol. The molecule has 0 saturated carbocycles. The van der Waals surface area contributed by atoms with Gasteiger partial charge in [-0.25, -0.2) is 4.39 Å². The molecule has 0 aliphatic heterocycles. The van der Waals surface area contributed by atoms with Gasteiger partial charge in [-0.05, 0) is 43.1 Å². The summed E-state index contributed by atoms with van der Waals surface area (Å²) in [5, 5.41) is 3.55. The lowest BCUT2D eigenvalue weighted by atomic mass is 9.88. The standard InChI is InChI=1S/C12H17ClFN/c1-8(7-15-3)9(2)11-5-4-10(13)6-12(11)14/h4-6,8-9,15H,7H2,1-3H3. The number of hydrogen-bond acceptors (Lipinski definition) is 1. The summed E-state index contributed by atoms with van der Waals surface area (Å²) >= 11 is 5.71. The Morgan fingerprint density at radius 3 is 2.60 bits per heavy atom.